The average Bonchev–Trinajstić information content (AvgIpc) is 2.64. The topological polar surface area (TPSA) is 74.8 Å². The molecule has 0 spiro atoms. The minimum Gasteiger partial charge on any atom is -0.423 e. The molecule has 0 saturated carbocycles. The summed E-state index contributed by atoms with van der Waals surface area (Å²) >= 11 is 0. The van der Waals surface area contributed by atoms with Crippen LogP contribution in [0.25, 0.3) is 0 Å². The van der Waals surface area contributed by atoms with E-state index in [4.69, 9.17) is 0 Å². The number of nitrogens with zero attached hydrogens (tertiary/aromatic N) is 2. The van der Waals surface area contributed by atoms with E-state index < -0.39 is 7.12 Å². The molecule has 0 aliphatic carbocycles. The van der Waals surface area contributed by atoms with Crippen molar-refractivity contribution in [1.82, 2.24) is 4.57 Å². The Balaban J connectivity index is 2.23. The molecule has 3 aromatic rings. The van der Waals surface area contributed by atoms with Crippen LogP contribution in [0.15, 0.2) is 82.7 Å². The second-order valence-corrected chi connectivity index (χ2v) is 5.64. The fraction of sp³-hybridized carbons (Fsp3) is 0.0526. The largest absolute Gasteiger partial charge is 0.490 e. The summed E-state index contributed by atoms with van der Waals surface area (Å²) in [5.74, 6) is 0. The third-order valence-electron chi connectivity index (χ3n) is 3.81. The molecule has 0 aliphatic rings. The molecule has 1 heterocycles. The monoisotopic (exact) mass is 332 g/mol. The minimum absolute atomic E-state index is 0.149. The van der Waals surface area contributed by atoms with E-state index in [0.717, 1.165) is 11.1 Å². The van der Waals surface area contributed by atoms with Crippen LogP contribution in [-0.2, 0) is 7.05 Å². The Labute approximate surface area is 145 Å². The predicted octanol–water partition coefficient (Wildman–Crippen LogP) is 1.23. The van der Waals surface area contributed by atoms with Crippen molar-refractivity contribution in [1.29, 1.82) is 0 Å². The molecule has 0 saturated heterocycles. The van der Waals surface area contributed by atoms with E-state index in [0.29, 0.717) is 5.71 Å². The van der Waals surface area contributed by atoms with Crippen LogP contribution in [0.3, 0.4) is 0 Å². The highest BCUT2D eigenvalue weighted by Gasteiger charge is 2.16. The smallest absolute Gasteiger partial charge is 0.423 e. The summed E-state index contributed by atoms with van der Waals surface area (Å²) in [5.41, 5.74) is 2.42. The van der Waals surface area contributed by atoms with E-state index in [9.17, 15) is 14.8 Å². The molecule has 3 rings (SSSR count). The quantitative estimate of drug-likeness (QED) is 0.557. The van der Waals surface area contributed by atoms with Gasteiger partial charge in [-0.3, -0.25) is 4.79 Å². The number of aryl methyl sites for hydroxylation is 1. The summed E-state index contributed by atoms with van der Waals surface area (Å²) in [6.07, 6.45) is 1.39. The normalized spacial score (nSPS) is 10.4. The van der Waals surface area contributed by atoms with Gasteiger partial charge in [0.15, 0.2) is 0 Å². The minimum atomic E-state index is -1.67. The van der Waals surface area contributed by atoms with Crippen LogP contribution in [-0.4, -0.2) is 27.4 Å². The molecule has 0 radical (unpaired) electrons. The first-order valence-corrected chi connectivity index (χ1v) is 7.82. The first kappa shape index (κ1) is 16.9. The Morgan fingerprint density at radius 2 is 1.48 bits per heavy atom. The van der Waals surface area contributed by atoms with E-state index in [1.54, 1.807) is 7.05 Å². The van der Waals surface area contributed by atoms with Gasteiger partial charge in [0, 0.05) is 29.8 Å². The van der Waals surface area contributed by atoms with Gasteiger partial charge < -0.3 is 14.6 Å². The van der Waals surface area contributed by atoms with Crippen molar-refractivity contribution >= 4 is 24.0 Å². The van der Waals surface area contributed by atoms with E-state index in [-0.39, 0.29) is 16.7 Å². The van der Waals surface area contributed by atoms with Crippen molar-refractivity contribution in [3.8, 4) is 0 Å². The van der Waals surface area contributed by atoms with Gasteiger partial charge in [0.1, 0.15) is 5.69 Å². The fourth-order valence-electron chi connectivity index (χ4n) is 2.55. The van der Waals surface area contributed by atoms with Crippen molar-refractivity contribution < 1.29 is 10.0 Å². The Morgan fingerprint density at radius 3 is 1.96 bits per heavy atom. The maximum atomic E-state index is 12.4. The van der Waals surface area contributed by atoms with Crippen molar-refractivity contribution in [2.45, 2.75) is 0 Å². The van der Waals surface area contributed by atoms with Gasteiger partial charge >= 0.3 is 7.12 Å². The van der Waals surface area contributed by atoms with Crippen molar-refractivity contribution in [2.24, 2.45) is 12.0 Å². The molecule has 0 unspecified atom stereocenters. The van der Waals surface area contributed by atoms with Crippen molar-refractivity contribution in [3.05, 3.63) is 94.4 Å². The summed E-state index contributed by atoms with van der Waals surface area (Å²) in [5, 5.41) is 18.8. The summed E-state index contributed by atoms with van der Waals surface area (Å²) < 4.78 is 1.29. The molecule has 2 aromatic carbocycles. The molecule has 5 nitrogen and oxygen atoms in total. The van der Waals surface area contributed by atoms with Crippen LogP contribution in [0.2, 0.25) is 0 Å². The van der Waals surface area contributed by atoms with Gasteiger partial charge in [0.2, 0.25) is 0 Å². The molecule has 0 amide bonds. The zero-order chi connectivity index (χ0) is 17.8. The number of aromatic nitrogens is 1. The number of pyridine rings is 1. The van der Waals surface area contributed by atoms with Gasteiger partial charge in [-0.2, -0.15) is 0 Å². The summed E-state index contributed by atoms with van der Waals surface area (Å²) in [6, 6.07) is 20.5. The lowest BCUT2D eigenvalue weighted by atomic mass is 9.81. The standard InChI is InChI=1S/C19H17BN2O3/c1-22-13-16(20(24)25)12-17(19(22)23)21-18(14-8-4-2-5-9-14)15-10-6-3-7-11-15/h2-13,24-25H,1H3. The zero-order valence-electron chi connectivity index (χ0n) is 13.7. The van der Waals surface area contributed by atoms with Crippen LogP contribution in [0, 0.1) is 0 Å². The lowest BCUT2D eigenvalue weighted by molar-refractivity contribution is 0.425. The highest BCUT2D eigenvalue weighted by molar-refractivity contribution is 6.58. The van der Waals surface area contributed by atoms with Gasteiger partial charge in [-0.1, -0.05) is 60.7 Å². The highest BCUT2D eigenvalue weighted by Crippen LogP contribution is 2.15. The molecular formula is C19H17BN2O3. The fourth-order valence-corrected chi connectivity index (χ4v) is 2.55. The van der Waals surface area contributed by atoms with Gasteiger partial charge in [0.05, 0.1) is 5.71 Å². The van der Waals surface area contributed by atoms with Gasteiger partial charge in [-0.05, 0) is 6.07 Å². The predicted molar refractivity (Wildman–Crippen MR) is 99.7 cm³/mol. The molecule has 0 fully saturated rings. The van der Waals surface area contributed by atoms with Crippen LogP contribution < -0.4 is 11.0 Å². The molecule has 2 N–H and O–H groups in total. The van der Waals surface area contributed by atoms with Gasteiger partial charge in [-0.25, -0.2) is 4.99 Å². The van der Waals surface area contributed by atoms with Crippen LogP contribution in [0.5, 0.6) is 0 Å². The van der Waals surface area contributed by atoms with Gasteiger partial charge in [-0.15, -0.1) is 0 Å². The molecule has 0 bridgehead atoms. The Bertz CT molecular complexity index is 910. The molecule has 124 valence electrons. The molecule has 25 heavy (non-hydrogen) atoms. The second kappa shape index (κ2) is 7.30. The Kier molecular flexibility index (Phi) is 4.93. The number of rotatable bonds is 4. The lowest BCUT2D eigenvalue weighted by Gasteiger charge is -2.09. The molecule has 6 heteroatoms. The number of hydrogen-bond donors (Lipinski definition) is 2. The van der Waals surface area contributed by atoms with Crippen LogP contribution in [0.1, 0.15) is 11.1 Å². The van der Waals surface area contributed by atoms with E-state index in [1.165, 1.54) is 16.8 Å². The Morgan fingerprint density at radius 1 is 0.960 bits per heavy atom. The molecule has 0 aliphatic heterocycles. The first-order valence-electron chi connectivity index (χ1n) is 7.82. The van der Waals surface area contributed by atoms with E-state index in [1.807, 2.05) is 60.7 Å². The maximum absolute atomic E-state index is 12.4. The SMILES string of the molecule is Cn1cc(B(O)O)cc(N=C(c2ccccc2)c2ccccc2)c1=O. The Hall–Kier alpha value is -2.96. The van der Waals surface area contributed by atoms with Crippen molar-refractivity contribution in [3.63, 3.8) is 0 Å². The molecular weight excluding hydrogens is 315 g/mol. The second-order valence-electron chi connectivity index (χ2n) is 5.64. The summed E-state index contributed by atoms with van der Waals surface area (Å²) in [4.78, 5) is 17.0. The highest BCUT2D eigenvalue weighted by atomic mass is 16.4. The van der Waals surface area contributed by atoms with Crippen LogP contribution >= 0.6 is 0 Å². The number of aliphatic imine (C=N–C) groups is 1. The van der Waals surface area contributed by atoms with Crippen LogP contribution in [0.4, 0.5) is 5.69 Å². The third kappa shape index (κ3) is 3.76. The number of benzene rings is 2. The van der Waals surface area contributed by atoms with Crippen molar-refractivity contribution in [2.75, 3.05) is 0 Å². The first-order chi connectivity index (χ1) is 12.1. The summed E-state index contributed by atoms with van der Waals surface area (Å²) in [6.45, 7) is 0. The lowest BCUT2D eigenvalue weighted by Crippen LogP contribution is -2.34. The van der Waals surface area contributed by atoms with E-state index >= 15 is 0 Å². The summed E-state index contributed by atoms with van der Waals surface area (Å²) in [7, 11) is -0.115. The third-order valence-corrected chi connectivity index (χ3v) is 3.81. The molecule has 0 atom stereocenters. The average molecular weight is 332 g/mol. The van der Waals surface area contributed by atoms with E-state index in [2.05, 4.69) is 4.99 Å². The maximum Gasteiger partial charge on any atom is 0.490 e. The number of hydrogen-bond acceptors (Lipinski definition) is 4. The van der Waals surface area contributed by atoms with Gasteiger partial charge in [0.25, 0.3) is 5.56 Å². The molecule has 1 aromatic heterocycles. The zero-order valence-corrected chi connectivity index (χ0v) is 13.7.